The van der Waals surface area contributed by atoms with Gasteiger partial charge in [-0.05, 0) is 25.7 Å². The topological polar surface area (TPSA) is 59.1 Å². The predicted molar refractivity (Wildman–Crippen MR) is 67.8 cm³/mol. The fraction of sp³-hybridized carbons (Fsp3) is 0.727. The monoisotopic (exact) mass is 272 g/mol. The largest absolute Gasteiger partial charge is 0.302 e. The summed E-state index contributed by atoms with van der Waals surface area (Å²) >= 11 is 1.56. The van der Waals surface area contributed by atoms with E-state index < -0.39 is 15.4 Å². The highest BCUT2D eigenvalue weighted by Gasteiger charge is 2.45. The molecule has 2 aliphatic rings. The van der Waals surface area contributed by atoms with E-state index >= 15 is 0 Å². The first-order valence-corrected chi connectivity index (χ1v) is 8.68. The second-order valence-electron chi connectivity index (χ2n) is 5.03. The number of nitrogens with one attached hydrogen (secondary N) is 1. The van der Waals surface area contributed by atoms with Gasteiger partial charge in [0, 0.05) is 17.6 Å². The molecule has 0 radical (unpaired) electrons. The van der Waals surface area contributed by atoms with Crippen molar-refractivity contribution in [3.63, 3.8) is 0 Å². The Labute approximate surface area is 105 Å². The molecule has 0 amide bonds. The van der Waals surface area contributed by atoms with Gasteiger partial charge in [-0.1, -0.05) is 0 Å². The summed E-state index contributed by atoms with van der Waals surface area (Å²) in [5.41, 5.74) is -0.410. The van der Waals surface area contributed by atoms with E-state index in [4.69, 9.17) is 0 Å². The lowest BCUT2D eigenvalue weighted by molar-refractivity contribution is 0.322. The third kappa shape index (κ3) is 2.39. The molecule has 0 aromatic carbocycles. The first kappa shape index (κ1) is 11.6. The van der Waals surface area contributed by atoms with Gasteiger partial charge >= 0.3 is 0 Å². The minimum Gasteiger partial charge on any atom is -0.302 e. The van der Waals surface area contributed by atoms with Crippen molar-refractivity contribution < 1.29 is 8.42 Å². The van der Waals surface area contributed by atoms with Crippen LogP contribution in [0.2, 0.25) is 0 Å². The van der Waals surface area contributed by atoms with Gasteiger partial charge < -0.3 is 5.32 Å². The molecule has 0 spiro atoms. The zero-order valence-corrected chi connectivity index (χ0v) is 11.2. The highest BCUT2D eigenvalue weighted by atomic mass is 32.2. The molecule has 3 rings (SSSR count). The van der Waals surface area contributed by atoms with Crippen LogP contribution in [0.5, 0.6) is 0 Å². The number of sulfone groups is 1. The summed E-state index contributed by atoms with van der Waals surface area (Å²) in [6, 6.07) is 0.493. The molecule has 1 atom stereocenters. The van der Waals surface area contributed by atoms with Gasteiger partial charge in [0.05, 0.1) is 17.0 Å². The second-order valence-corrected chi connectivity index (χ2v) is 8.11. The van der Waals surface area contributed by atoms with Gasteiger partial charge in [0.15, 0.2) is 9.84 Å². The molecule has 17 heavy (non-hydrogen) atoms. The van der Waals surface area contributed by atoms with Crippen molar-refractivity contribution >= 4 is 21.2 Å². The maximum atomic E-state index is 11.9. The molecule has 1 aliphatic carbocycles. The fourth-order valence-electron chi connectivity index (χ4n) is 2.54. The van der Waals surface area contributed by atoms with E-state index in [1.165, 1.54) is 0 Å². The third-order valence-electron chi connectivity index (χ3n) is 3.42. The average molecular weight is 272 g/mol. The molecule has 2 heterocycles. The van der Waals surface area contributed by atoms with Gasteiger partial charge in [0.25, 0.3) is 0 Å². The Bertz CT molecular complexity index is 494. The molecule has 94 valence electrons. The van der Waals surface area contributed by atoms with Crippen LogP contribution in [0.4, 0.5) is 0 Å². The predicted octanol–water partition coefficient (Wildman–Crippen LogP) is 1.30. The quantitative estimate of drug-likeness (QED) is 0.901. The Balaban J connectivity index is 1.95. The van der Waals surface area contributed by atoms with Crippen LogP contribution in [0, 0.1) is 0 Å². The average Bonchev–Trinajstić information content (AvgIpc) is 2.89. The summed E-state index contributed by atoms with van der Waals surface area (Å²) in [7, 11) is -2.93. The standard InChI is InChI=1S/C11H16N2O2S2/c14-17(15)7-1-4-11(8-17,13-9-2-3-9)10-12-5-6-16-10/h5-6,9,13H,1-4,7-8H2. The van der Waals surface area contributed by atoms with Crippen LogP contribution in [0.3, 0.4) is 0 Å². The van der Waals surface area contributed by atoms with Crippen molar-refractivity contribution in [2.75, 3.05) is 11.5 Å². The van der Waals surface area contributed by atoms with Crippen molar-refractivity contribution in [1.29, 1.82) is 0 Å². The minimum atomic E-state index is -2.93. The van der Waals surface area contributed by atoms with Crippen molar-refractivity contribution in [3.8, 4) is 0 Å². The van der Waals surface area contributed by atoms with Gasteiger partial charge in [-0.2, -0.15) is 0 Å². The van der Waals surface area contributed by atoms with E-state index in [1.807, 2.05) is 5.38 Å². The van der Waals surface area contributed by atoms with Gasteiger partial charge in [-0.25, -0.2) is 13.4 Å². The second kappa shape index (κ2) is 4.03. The number of hydrogen-bond acceptors (Lipinski definition) is 5. The molecule has 6 heteroatoms. The molecular weight excluding hydrogens is 256 g/mol. The Kier molecular flexibility index (Phi) is 2.76. The van der Waals surface area contributed by atoms with E-state index in [9.17, 15) is 8.42 Å². The van der Waals surface area contributed by atoms with E-state index in [1.54, 1.807) is 17.5 Å². The molecule has 1 unspecified atom stereocenters. The molecule has 2 fully saturated rings. The number of aromatic nitrogens is 1. The van der Waals surface area contributed by atoms with Crippen LogP contribution in [0.1, 0.15) is 30.7 Å². The van der Waals surface area contributed by atoms with Crippen molar-refractivity contribution in [3.05, 3.63) is 16.6 Å². The van der Waals surface area contributed by atoms with Crippen LogP contribution >= 0.6 is 11.3 Å². The van der Waals surface area contributed by atoms with Gasteiger partial charge in [0.2, 0.25) is 0 Å². The Morgan fingerprint density at radius 1 is 1.47 bits per heavy atom. The summed E-state index contributed by atoms with van der Waals surface area (Å²) in [5.74, 6) is 0.538. The van der Waals surface area contributed by atoms with Crippen molar-refractivity contribution in [2.24, 2.45) is 0 Å². The maximum absolute atomic E-state index is 11.9. The molecule has 1 saturated heterocycles. The lowest BCUT2D eigenvalue weighted by Crippen LogP contribution is -2.51. The molecule has 1 aromatic rings. The molecular formula is C11H16N2O2S2. The Hall–Kier alpha value is -0.460. The number of rotatable bonds is 3. The van der Waals surface area contributed by atoms with E-state index in [-0.39, 0.29) is 5.75 Å². The van der Waals surface area contributed by atoms with Crippen LogP contribution in [0.15, 0.2) is 11.6 Å². The number of nitrogens with zero attached hydrogens (tertiary/aromatic N) is 1. The smallest absolute Gasteiger partial charge is 0.152 e. The summed E-state index contributed by atoms with van der Waals surface area (Å²) in [4.78, 5) is 4.35. The van der Waals surface area contributed by atoms with Gasteiger partial charge in [0.1, 0.15) is 5.01 Å². The van der Waals surface area contributed by atoms with Gasteiger partial charge in [-0.3, -0.25) is 0 Å². The van der Waals surface area contributed by atoms with E-state index in [2.05, 4.69) is 10.3 Å². The number of hydrogen-bond donors (Lipinski definition) is 1. The lowest BCUT2D eigenvalue weighted by atomic mass is 9.96. The molecule has 1 aliphatic heterocycles. The zero-order chi connectivity index (χ0) is 11.9. The fourth-order valence-corrected chi connectivity index (χ4v) is 5.30. The highest BCUT2D eigenvalue weighted by molar-refractivity contribution is 7.91. The van der Waals surface area contributed by atoms with Crippen LogP contribution < -0.4 is 5.32 Å². The van der Waals surface area contributed by atoms with Crippen LogP contribution in [-0.2, 0) is 15.4 Å². The van der Waals surface area contributed by atoms with Crippen LogP contribution in [0.25, 0.3) is 0 Å². The lowest BCUT2D eigenvalue weighted by Gasteiger charge is -2.36. The van der Waals surface area contributed by atoms with Crippen molar-refractivity contribution in [2.45, 2.75) is 37.3 Å². The summed E-state index contributed by atoms with van der Waals surface area (Å²) in [6.07, 6.45) is 5.70. The molecule has 1 saturated carbocycles. The summed E-state index contributed by atoms with van der Waals surface area (Å²) in [6.45, 7) is 0. The molecule has 0 bridgehead atoms. The summed E-state index contributed by atoms with van der Waals surface area (Å²) in [5, 5.41) is 6.39. The van der Waals surface area contributed by atoms with Crippen molar-refractivity contribution in [1.82, 2.24) is 10.3 Å². The SMILES string of the molecule is O=S1(=O)CCCC(NC2CC2)(c2nccs2)C1. The normalized spacial score (nSPS) is 32.5. The van der Waals surface area contributed by atoms with E-state index in [0.29, 0.717) is 11.8 Å². The molecule has 4 nitrogen and oxygen atoms in total. The third-order valence-corrected chi connectivity index (χ3v) is 6.25. The molecule has 1 N–H and O–H groups in total. The first-order valence-electron chi connectivity index (χ1n) is 5.98. The first-order chi connectivity index (χ1) is 8.10. The Morgan fingerprint density at radius 2 is 2.29 bits per heavy atom. The number of thiazole rings is 1. The zero-order valence-electron chi connectivity index (χ0n) is 9.55. The summed E-state index contributed by atoms with van der Waals surface area (Å²) < 4.78 is 23.8. The maximum Gasteiger partial charge on any atom is 0.152 e. The molecule has 1 aromatic heterocycles. The van der Waals surface area contributed by atoms with Gasteiger partial charge in [-0.15, -0.1) is 11.3 Å². The minimum absolute atomic E-state index is 0.212. The highest BCUT2D eigenvalue weighted by Crippen LogP contribution is 2.37. The van der Waals surface area contributed by atoms with E-state index in [0.717, 1.165) is 30.7 Å². The van der Waals surface area contributed by atoms with Crippen LogP contribution in [-0.4, -0.2) is 30.9 Å². The Morgan fingerprint density at radius 3 is 2.88 bits per heavy atom.